The van der Waals surface area contributed by atoms with Crippen LogP contribution in [-0.2, 0) is 19.9 Å². The predicted molar refractivity (Wildman–Crippen MR) is 117 cm³/mol. The Bertz CT molecular complexity index is 1150. The summed E-state index contributed by atoms with van der Waals surface area (Å²) in [6, 6.07) is 14.4. The number of hydrogen-bond acceptors (Lipinski definition) is 4. The van der Waals surface area contributed by atoms with Gasteiger partial charge in [0, 0.05) is 28.9 Å². The monoisotopic (exact) mass is 435 g/mol. The summed E-state index contributed by atoms with van der Waals surface area (Å²) in [6.45, 7) is 3.18. The molecule has 3 saturated heterocycles. The van der Waals surface area contributed by atoms with E-state index in [4.69, 9.17) is 11.6 Å². The van der Waals surface area contributed by atoms with E-state index in [1.54, 1.807) is 29.2 Å². The van der Waals surface area contributed by atoms with Crippen molar-refractivity contribution in [3.8, 4) is 0 Å². The Morgan fingerprint density at radius 2 is 1.87 bits per heavy atom. The van der Waals surface area contributed by atoms with E-state index >= 15 is 0 Å². The molecule has 0 aromatic heterocycles. The summed E-state index contributed by atoms with van der Waals surface area (Å²) >= 11 is 6.16. The Balaban J connectivity index is 1.58. The number of fused-ring (bicyclic) bond motifs is 7. The molecule has 3 amide bonds. The van der Waals surface area contributed by atoms with Crippen LogP contribution in [0.1, 0.15) is 25.3 Å². The van der Waals surface area contributed by atoms with E-state index in [0.717, 1.165) is 24.1 Å². The summed E-state index contributed by atoms with van der Waals surface area (Å²) in [5.41, 5.74) is 1.07. The third kappa shape index (κ3) is 2.14. The molecule has 4 heterocycles. The van der Waals surface area contributed by atoms with Gasteiger partial charge < -0.3 is 4.90 Å². The molecular formula is C24H22ClN3O3. The molecule has 6 nitrogen and oxygen atoms in total. The first-order valence-corrected chi connectivity index (χ1v) is 11.2. The minimum atomic E-state index is -1.11. The van der Waals surface area contributed by atoms with E-state index in [1.165, 1.54) is 4.90 Å². The third-order valence-corrected chi connectivity index (χ3v) is 7.76. The van der Waals surface area contributed by atoms with E-state index in [0.29, 0.717) is 23.8 Å². The van der Waals surface area contributed by atoms with E-state index < -0.39 is 17.4 Å². The lowest BCUT2D eigenvalue weighted by atomic mass is 9.75. The summed E-state index contributed by atoms with van der Waals surface area (Å²) in [4.78, 5) is 46.8. The van der Waals surface area contributed by atoms with Crippen molar-refractivity contribution >= 4 is 40.7 Å². The Kier molecular flexibility index (Phi) is 3.93. The van der Waals surface area contributed by atoms with Crippen molar-refractivity contribution in [3.05, 3.63) is 59.1 Å². The third-order valence-electron chi connectivity index (χ3n) is 7.53. The van der Waals surface area contributed by atoms with E-state index in [-0.39, 0.29) is 23.8 Å². The van der Waals surface area contributed by atoms with Crippen molar-refractivity contribution in [2.45, 2.75) is 31.3 Å². The molecule has 1 spiro atoms. The molecule has 31 heavy (non-hydrogen) atoms. The minimum Gasteiger partial charge on any atom is -0.310 e. The van der Waals surface area contributed by atoms with Crippen molar-refractivity contribution in [2.24, 2.45) is 11.8 Å². The number of hydrogen-bond donors (Lipinski definition) is 0. The maximum absolute atomic E-state index is 14.0. The van der Waals surface area contributed by atoms with Crippen molar-refractivity contribution in [1.82, 2.24) is 4.90 Å². The molecule has 6 rings (SSSR count). The van der Waals surface area contributed by atoms with Crippen molar-refractivity contribution in [2.75, 3.05) is 22.9 Å². The van der Waals surface area contributed by atoms with Gasteiger partial charge in [-0.1, -0.05) is 35.9 Å². The molecule has 3 fully saturated rings. The number of carbonyl (C=O) groups is 3. The number of carbonyl (C=O) groups excluding carboxylic acids is 3. The lowest BCUT2D eigenvalue weighted by Crippen LogP contribution is -2.56. The van der Waals surface area contributed by atoms with Crippen LogP contribution in [0, 0.1) is 11.8 Å². The number of nitrogens with zero attached hydrogens (tertiary/aromatic N) is 3. The SMILES string of the molecule is CCN1C(=O)C2(c3ccccc31)C1C(=O)N(c3cccc(Cl)c3)C(=O)C1C1CCCN12. The fourth-order valence-electron chi connectivity index (χ4n) is 6.52. The molecule has 0 saturated carbocycles. The zero-order valence-corrected chi connectivity index (χ0v) is 17.9. The summed E-state index contributed by atoms with van der Waals surface area (Å²) in [7, 11) is 0. The van der Waals surface area contributed by atoms with Crippen molar-refractivity contribution in [3.63, 3.8) is 0 Å². The number of amides is 3. The lowest BCUT2D eigenvalue weighted by Gasteiger charge is -2.37. The number of likely N-dealkylation sites (N-methyl/N-ethyl adjacent to an activating group) is 1. The van der Waals surface area contributed by atoms with Gasteiger partial charge in [-0.15, -0.1) is 0 Å². The van der Waals surface area contributed by atoms with Crippen LogP contribution in [-0.4, -0.2) is 41.8 Å². The molecule has 158 valence electrons. The van der Waals surface area contributed by atoms with Crippen LogP contribution in [0.25, 0.3) is 0 Å². The van der Waals surface area contributed by atoms with Gasteiger partial charge in [0.2, 0.25) is 11.8 Å². The molecule has 2 aromatic carbocycles. The van der Waals surface area contributed by atoms with Crippen molar-refractivity contribution < 1.29 is 14.4 Å². The van der Waals surface area contributed by atoms with Gasteiger partial charge in [-0.2, -0.15) is 0 Å². The quantitative estimate of drug-likeness (QED) is 0.680. The van der Waals surface area contributed by atoms with Gasteiger partial charge in [-0.25, -0.2) is 4.90 Å². The van der Waals surface area contributed by atoms with Gasteiger partial charge in [-0.3, -0.25) is 19.3 Å². The molecule has 0 radical (unpaired) electrons. The first kappa shape index (κ1) is 19.0. The Morgan fingerprint density at radius 3 is 2.65 bits per heavy atom. The number of rotatable bonds is 2. The van der Waals surface area contributed by atoms with Crippen LogP contribution < -0.4 is 9.80 Å². The Labute approximate surface area is 185 Å². The molecule has 4 aliphatic heterocycles. The summed E-state index contributed by atoms with van der Waals surface area (Å²) in [5.74, 6) is -1.85. The number of anilines is 2. The highest BCUT2D eigenvalue weighted by molar-refractivity contribution is 6.31. The highest BCUT2D eigenvalue weighted by Gasteiger charge is 2.75. The fourth-order valence-corrected chi connectivity index (χ4v) is 6.71. The highest BCUT2D eigenvalue weighted by Crippen LogP contribution is 2.61. The topological polar surface area (TPSA) is 60.9 Å². The largest absolute Gasteiger partial charge is 0.310 e. The van der Waals surface area contributed by atoms with Crippen LogP contribution in [0.4, 0.5) is 11.4 Å². The number of halogens is 1. The lowest BCUT2D eigenvalue weighted by molar-refractivity contribution is -0.137. The van der Waals surface area contributed by atoms with E-state index in [1.807, 2.05) is 31.2 Å². The van der Waals surface area contributed by atoms with Gasteiger partial charge >= 0.3 is 0 Å². The number of para-hydroxylation sites is 1. The van der Waals surface area contributed by atoms with Gasteiger partial charge in [-0.05, 0) is 50.6 Å². The Hall–Kier alpha value is -2.70. The van der Waals surface area contributed by atoms with Crippen LogP contribution >= 0.6 is 11.6 Å². The maximum atomic E-state index is 14.0. The first-order valence-electron chi connectivity index (χ1n) is 10.8. The molecular weight excluding hydrogens is 414 g/mol. The second-order valence-corrected chi connectivity index (χ2v) is 9.17. The average Bonchev–Trinajstić information content (AvgIpc) is 3.45. The highest BCUT2D eigenvalue weighted by atomic mass is 35.5. The molecule has 7 heteroatoms. The van der Waals surface area contributed by atoms with Crippen LogP contribution in [0.2, 0.25) is 5.02 Å². The average molecular weight is 436 g/mol. The molecule has 0 N–H and O–H groups in total. The number of benzene rings is 2. The summed E-state index contributed by atoms with van der Waals surface area (Å²) < 4.78 is 0. The fraction of sp³-hybridized carbons (Fsp3) is 0.375. The summed E-state index contributed by atoms with van der Waals surface area (Å²) in [6.07, 6.45) is 1.72. The molecule has 4 atom stereocenters. The second kappa shape index (κ2) is 6.40. The standard InChI is InChI=1S/C24H22ClN3O3/c1-2-26-17-10-4-3-9-16(17)24(23(26)31)20-19(18-11-6-12-27(18)24)21(29)28(22(20)30)15-8-5-7-14(25)13-15/h3-5,7-10,13,18-20H,2,6,11-12H2,1H3. The predicted octanol–water partition coefficient (Wildman–Crippen LogP) is 3.19. The van der Waals surface area contributed by atoms with Crippen molar-refractivity contribution in [1.29, 1.82) is 0 Å². The zero-order chi connectivity index (χ0) is 21.5. The van der Waals surface area contributed by atoms with Gasteiger partial charge in [0.05, 0.1) is 17.5 Å². The zero-order valence-electron chi connectivity index (χ0n) is 17.1. The van der Waals surface area contributed by atoms with Crippen LogP contribution in [0.15, 0.2) is 48.5 Å². The molecule has 2 aromatic rings. The molecule has 4 unspecified atom stereocenters. The summed E-state index contributed by atoms with van der Waals surface area (Å²) in [5, 5.41) is 0.465. The van der Waals surface area contributed by atoms with Gasteiger partial charge in [0.1, 0.15) is 5.54 Å². The van der Waals surface area contributed by atoms with Crippen LogP contribution in [0.5, 0.6) is 0 Å². The van der Waals surface area contributed by atoms with Gasteiger partial charge in [0.15, 0.2) is 0 Å². The van der Waals surface area contributed by atoms with Gasteiger partial charge in [0.25, 0.3) is 5.91 Å². The first-order chi connectivity index (χ1) is 15.0. The smallest absolute Gasteiger partial charge is 0.253 e. The van der Waals surface area contributed by atoms with E-state index in [2.05, 4.69) is 4.90 Å². The second-order valence-electron chi connectivity index (χ2n) is 8.73. The minimum absolute atomic E-state index is 0.0790. The Morgan fingerprint density at radius 1 is 1.06 bits per heavy atom. The van der Waals surface area contributed by atoms with E-state index in [9.17, 15) is 14.4 Å². The normalized spacial score (nSPS) is 31.7. The number of imide groups is 1. The maximum Gasteiger partial charge on any atom is 0.253 e. The molecule has 0 aliphatic carbocycles. The molecule has 0 bridgehead atoms. The molecule has 4 aliphatic rings. The van der Waals surface area contributed by atoms with Crippen LogP contribution in [0.3, 0.4) is 0 Å².